The topological polar surface area (TPSA) is 57.0 Å². The summed E-state index contributed by atoms with van der Waals surface area (Å²) in [6.07, 6.45) is 9.28. The Morgan fingerprint density at radius 1 is 1.21 bits per heavy atom. The first-order valence-electron chi connectivity index (χ1n) is 10.9. The second-order valence-corrected chi connectivity index (χ2v) is 8.35. The van der Waals surface area contributed by atoms with Gasteiger partial charge in [0.05, 0.1) is 11.5 Å². The highest BCUT2D eigenvalue weighted by atomic mass is 19.1. The van der Waals surface area contributed by atoms with Gasteiger partial charge < -0.3 is 4.90 Å². The van der Waals surface area contributed by atoms with Crippen molar-refractivity contribution in [2.45, 2.75) is 32.6 Å². The van der Waals surface area contributed by atoms with E-state index in [1.807, 2.05) is 26.0 Å². The summed E-state index contributed by atoms with van der Waals surface area (Å²) >= 11 is 0. The summed E-state index contributed by atoms with van der Waals surface area (Å²) in [5.41, 5.74) is 1.91. The van der Waals surface area contributed by atoms with Gasteiger partial charge in [-0.1, -0.05) is 25.7 Å². The standard InChI is InChI=1S/C27H27F2N3O/c1-4-5-6-25(19(2)21-7-11-31-12-8-21)26(33)32-13-9-27(18-30,10-14-32)20(3)22-15-23(28)17-24(29)16-22/h4-8,11-12,15-17,20H,1,9-10,13-14H2,2-3H3/b6-5-,25-19-. The average molecular weight is 448 g/mol. The zero-order valence-electron chi connectivity index (χ0n) is 18.9. The summed E-state index contributed by atoms with van der Waals surface area (Å²) < 4.78 is 27.5. The number of allylic oxidation sites excluding steroid dienone is 3. The van der Waals surface area contributed by atoms with E-state index in [-0.39, 0.29) is 11.8 Å². The van der Waals surface area contributed by atoms with Crippen LogP contribution in [-0.4, -0.2) is 28.9 Å². The molecule has 1 atom stereocenters. The molecule has 0 aliphatic carbocycles. The molecule has 1 aromatic carbocycles. The van der Waals surface area contributed by atoms with E-state index in [1.54, 1.807) is 35.5 Å². The molecule has 33 heavy (non-hydrogen) atoms. The van der Waals surface area contributed by atoms with Gasteiger partial charge in [-0.05, 0) is 66.8 Å². The number of nitriles is 1. The Kier molecular flexibility index (Phi) is 7.55. The number of pyridine rings is 1. The van der Waals surface area contributed by atoms with Crippen molar-refractivity contribution in [3.63, 3.8) is 0 Å². The molecule has 0 N–H and O–H groups in total. The Morgan fingerprint density at radius 2 is 1.82 bits per heavy atom. The maximum Gasteiger partial charge on any atom is 0.254 e. The van der Waals surface area contributed by atoms with Gasteiger partial charge in [-0.25, -0.2) is 8.78 Å². The van der Waals surface area contributed by atoms with Gasteiger partial charge in [0.15, 0.2) is 0 Å². The minimum absolute atomic E-state index is 0.126. The third-order valence-corrected chi connectivity index (χ3v) is 6.53. The van der Waals surface area contributed by atoms with E-state index in [0.29, 0.717) is 37.1 Å². The SMILES string of the molecule is C=C/C=C\C(C(=O)N1CCC(C#N)(C(C)c2cc(F)cc(F)c2)CC1)=C(/C)c1ccncc1. The molecule has 0 spiro atoms. The number of carbonyl (C=O) groups is 1. The molecular formula is C27H27F2N3O. The van der Waals surface area contributed by atoms with E-state index in [4.69, 9.17) is 0 Å². The van der Waals surface area contributed by atoms with Gasteiger partial charge in [0.2, 0.25) is 0 Å². The monoisotopic (exact) mass is 447 g/mol. The molecule has 1 unspecified atom stereocenters. The van der Waals surface area contributed by atoms with E-state index < -0.39 is 17.0 Å². The van der Waals surface area contributed by atoms with Crippen molar-refractivity contribution in [3.8, 4) is 6.07 Å². The molecule has 1 aliphatic heterocycles. The lowest BCUT2D eigenvalue weighted by atomic mass is 9.68. The van der Waals surface area contributed by atoms with Crippen LogP contribution < -0.4 is 0 Å². The van der Waals surface area contributed by atoms with Crippen molar-refractivity contribution in [1.82, 2.24) is 9.88 Å². The van der Waals surface area contributed by atoms with Gasteiger partial charge in [-0.3, -0.25) is 9.78 Å². The molecule has 170 valence electrons. The van der Waals surface area contributed by atoms with Crippen LogP contribution in [0.4, 0.5) is 8.78 Å². The van der Waals surface area contributed by atoms with Crippen LogP contribution in [0.25, 0.3) is 5.57 Å². The van der Waals surface area contributed by atoms with Crippen LogP contribution in [0.15, 0.2) is 73.1 Å². The molecule has 3 rings (SSSR count). The van der Waals surface area contributed by atoms with Crippen LogP contribution in [0.3, 0.4) is 0 Å². The second-order valence-electron chi connectivity index (χ2n) is 8.35. The number of aromatic nitrogens is 1. The van der Waals surface area contributed by atoms with Crippen LogP contribution in [0.1, 0.15) is 43.7 Å². The molecule has 0 radical (unpaired) electrons. The van der Waals surface area contributed by atoms with Crippen molar-refractivity contribution in [2.24, 2.45) is 5.41 Å². The fourth-order valence-electron chi connectivity index (χ4n) is 4.34. The molecule has 0 bridgehead atoms. The lowest BCUT2D eigenvalue weighted by molar-refractivity contribution is -0.128. The van der Waals surface area contributed by atoms with Gasteiger partial charge in [-0.15, -0.1) is 0 Å². The quantitative estimate of drug-likeness (QED) is 0.415. The van der Waals surface area contributed by atoms with Crippen molar-refractivity contribution < 1.29 is 13.6 Å². The molecule has 1 fully saturated rings. The predicted octanol–water partition coefficient (Wildman–Crippen LogP) is 5.81. The Balaban J connectivity index is 1.84. The lowest BCUT2D eigenvalue weighted by Crippen LogP contribution is -2.45. The number of hydrogen-bond acceptors (Lipinski definition) is 3. The highest BCUT2D eigenvalue weighted by Crippen LogP contribution is 2.44. The maximum atomic E-state index is 13.8. The predicted molar refractivity (Wildman–Crippen MR) is 125 cm³/mol. The molecule has 6 heteroatoms. The number of amides is 1. The van der Waals surface area contributed by atoms with E-state index in [0.717, 1.165) is 17.2 Å². The van der Waals surface area contributed by atoms with Gasteiger partial charge in [0.25, 0.3) is 5.91 Å². The lowest BCUT2D eigenvalue weighted by Gasteiger charge is -2.41. The molecule has 0 saturated carbocycles. The molecular weight excluding hydrogens is 420 g/mol. The van der Waals surface area contributed by atoms with Crippen molar-refractivity contribution in [2.75, 3.05) is 13.1 Å². The van der Waals surface area contributed by atoms with Crippen LogP contribution in [-0.2, 0) is 4.79 Å². The van der Waals surface area contributed by atoms with Gasteiger partial charge in [0, 0.05) is 43.0 Å². The number of nitrogens with zero attached hydrogens (tertiary/aromatic N) is 3. The Labute approximate surface area is 193 Å². The Morgan fingerprint density at radius 3 is 2.36 bits per heavy atom. The number of hydrogen-bond donors (Lipinski definition) is 0. The smallest absolute Gasteiger partial charge is 0.254 e. The van der Waals surface area contributed by atoms with E-state index in [9.17, 15) is 18.8 Å². The molecule has 1 amide bonds. The molecule has 1 aromatic heterocycles. The highest BCUT2D eigenvalue weighted by molar-refractivity contribution is 6.03. The molecule has 1 aliphatic rings. The average Bonchev–Trinajstić information content (AvgIpc) is 2.83. The second kappa shape index (κ2) is 10.4. The third-order valence-electron chi connectivity index (χ3n) is 6.53. The van der Waals surface area contributed by atoms with E-state index in [1.165, 1.54) is 12.1 Å². The van der Waals surface area contributed by atoms with Gasteiger partial charge in [-0.2, -0.15) is 5.26 Å². The minimum atomic E-state index is -0.808. The first-order chi connectivity index (χ1) is 15.8. The fraction of sp³-hybridized carbons (Fsp3) is 0.296. The van der Waals surface area contributed by atoms with Crippen LogP contribution in [0.5, 0.6) is 0 Å². The molecule has 4 nitrogen and oxygen atoms in total. The van der Waals surface area contributed by atoms with Crippen molar-refractivity contribution >= 4 is 11.5 Å². The zero-order chi connectivity index (χ0) is 24.0. The summed E-state index contributed by atoms with van der Waals surface area (Å²) in [4.78, 5) is 19.2. The molecule has 2 heterocycles. The summed E-state index contributed by atoms with van der Waals surface area (Å²) in [5, 5.41) is 10.0. The van der Waals surface area contributed by atoms with E-state index >= 15 is 0 Å². The fourth-order valence-corrected chi connectivity index (χ4v) is 4.34. The zero-order valence-corrected chi connectivity index (χ0v) is 18.9. The maximum absolute atomic E-state index is 13.8. The number of likely N-dealkylation sites (tertiary alicyclic amines) is 1. The minimum Gasteiger partial charge on any atom is -0.339 e. The summed E-state index contributed by atoms with van der Waals surface area (Å²) in [6, 6.07) is 9.48. The van der Waals surface area contributed by atoms with E-state index in [2.05, 4.69) is 17.6 Å². The van der Waals surface area contributed by atoms with Crippen LogP contribution in [0, 0.1) is 28.4 Å². The first kappa shape index (κ1) is 24.1. The number of rotatable bonds is 6. The normalized spacial score (nSPS) is 17.2. The third kappa shape index (κ3) is 5.25. The van der Waals surface area contributed by atoms with Crippen molar-refractivity contribution in [1.29, 1.82) is 5.26 Å². The van der Waals surface area contributed by atoms with Crippen LogP contribution >= 0.6 is 0 Å². The van der Waals surface area contributed by atoms with Crippen LogP contribution in [0.2, 0.25) is 0 Å². The Bertz CT molecular complexity index is 1100. The van der Waals surface area contributed by atoms with Gasteiger partial charge in [0.1, 0.15) is 11.6 Å². The molecule has 2 aromatic rings. The number of piperidine rings is 1. The number of carbonyl (C=O) groups excluding carboxylic acids is 1. The highest BCUT2D eigenvalue weighted by Gasteiger charge is 2.42. The summed E-state index contributed by atoms with van der Waals surface area (Å²) in [7, 11) is 0. The van der Waals surface area contributed by atoms with Crippen molar-refractivity contribution in [3.05, 3.63) is 95.9 Å². The first-order valence-corrected chi connectivity index (χ1v) is 10.9. The van der Waals surface area contributed by atoms with Gasteiger partial charge >= 0.3 is 0 Å². The largest absolute Gasteiger partial charge is 0.339 e. The number of benzene rings is 1. The summed E-state index contributed by atoms with van der Waals surface area (Å²) in [5.74, 6) is -1.82. The Hall–Kier alpha value is -3.59. The summed E-state index contributed by atoms with van der Waals surface area (Å²) in [6.45, 7) is 8.16. The molecule has 1 saturated heterocycles. The number of halogens is 2.